The Morgan fingerprint density at radius 2 is 2.10 bits per heavy atom. The zero-order valence-electron chi connectivity index (χ0n) is 12.4. The van der Waals surface area contributed by atoms with Crippen LogP contribution in [0.15, 0.2) is 35.8 Å². The van der Waals surface area contributed by atoms with Crippen LogP contribution in [-0.4, -0.2) is 11.5 Å². The number of rotatable bonds is 6. The highest BCUT2D eigenvalue weighted by atomic mass is 32.1. The Hall–Kier alpha value is -1.23. The van der Waals surface area contributed by atoms with E-state index in [0.29, 0.717) is 6.04 Å². The molecule has 0 aliphatic rings. The van der Waals surface area contributed by atoms with Crippen LogP contribution in [0.1, 0.15) is 37.6 Å². The van der Waals surface area contributed by atoms with E-state index in [1.165, 1.54) is 26.4 Å². The maximum atomic E-state index is 4.35. The number of nitrogens with one attached hydrogen (secondary N) is 1. The Morgan fingerprint density at radius 1 is 1.19 bits per heavy atom. The second kappa shape index (κ2) is 6.69. The monoisotopic (exact) mass is 316 g/mol. The third-order valence-electron chi connectivity index (χ3n) is 3.63. The van der Waals surface area contributed by atoms with E-state index in [0.717, 1.165) is 18.5 Å². The molecule has 1 aromatic carbocycles. The molecule has 1 N–H and O–H groups in total. The first-order valence-electron chi connectivity index (χ1n) is 7.48. The Balaban J connectivity index is 1.86. The van der Waals surface area contributed by atoms with E-state index >= 15 is 0 Å². The molecular weight excluding hydrogens is 296 g/mol. The zero-order valence-corrected chi connectivity index (χ0v) is 14.1. The van der Waals surface area contributed by atoms with E-state index in [-0.39, 0.29) is 0 Å². The second-order valence-corrected chi connectivity index (χ2v) is 7.15. The molecule has 110 valence electrons. The van der Waals surface area contributed by atoms with Crippen LogP contribution in [0.2, 0.25) is 0 Å². The van der Waals surface area contributed by atoms with Gasteiger partial charge >= 0.3 is 0 Å². The van der Waals surface area contributed by atoms with Crippen LogP contribution in [0, 0.1) is 0 Å². The summed E-state index contributed by atoms with van der Waals surface area (Å²) in [4.78, 5) is 7.13. The summed E-state index contributed by atoms with van der Waals surface area (Å²) in [5.41, 5.74) is 4.31. The number of hydrogen-bond donors (Lipinski definition) is 1. The summed E-state index contributed by atoms with van der Waals surface area (Å²) in [6, 6.07) is 11.6. The van der Waals surface area contributed by atoms with Crippen molar-refractivity contribution in [1.82, 2.24) is 10.3 Å². The maximum Gasteiger partial charge on any atom is 0.0812 e. The average molecular weight is 316 g/mol. The standard InChI is InChI=1S/C17H20N2S2/c1-3-9-18-13(4-2)16-8-7-15(21-16)12-5-6-14-17(10-12)20-11-19-14/h5-8,10-11,13,18H,3-4,9H2,1-2H3. The van der Waals surface area contributed by atoms with E-state index in [2.05, 4.69) is 54.5 Å². The molecule has 1 unspecified atom stereocenters. The third kappa shape index (κ3) is 3.18. The molecule has 0 aliphatic carbocycles. The minimum absolute atomic E-state index is 0.482. The number of hydrogen-bond acceptors (Lipinski definition) is 4. The molecule has 0 spiro atoms. The van der Waals surface area contributed by atoms with Gasteiger partial charge in [-0.2, -0.15) is 0 Å². The molecule has 0 aliphatic heterocycles. The summed E-state index contributed by atoms with van der Waals surface area (Å²) in [7, 11) is 0. The van der Waals surface area contributed by atoms with Gasteiger partial charge in [0, 0.05) is 15.8 Å². The van der Waals surface area contributed by atoms with Gasteiger partial charge in [0.2, 0.25) is 0 Å². The molecule has 3 aromatic rings. The van der Waals surface area contributed by atoms with Crippen LogP contribution in [0.25, 0.3) is 20.7 Å². The molecule has 0 bridgehead atoms. The summed E-state index contributed by atoms with van der Waals surface area (Å²) in [6.45, 7) is 5.54. The van der Waals surface area contributed by atoms with Crippen LogP contribution >= 0.6 is 22.7 Å². The summed E-state index contributed by atoms with van der Waals surface area (Å²) in [6.07, 6.45) is 2.31. The molecule has 0 radical (unpaired) electrons. The van der Waals surface area contributed by atoms with Crippen molar-refractivity contribution in [2.24, 2.45) is 0 Å². The fourth-order valence-corrected chi connectivity index (χ4v) is 4.35. The van der Waals surface area contributed by atoms with Crippen molar-refractivity contribution in [3.8, 4) is 10.4 Å². The quantitative estimate of drug-likeness (QED) is 0.651. The van der Waals surface area contributed by atoms with Gasteiger partial charge in [0.15, 0.2) is 0 Å². The van der Waals surface area contributed by atoms with Crippen molar-refractivity contribution < 1.29 is 0 Å². The van der Waals surface area contributed by atoms with Crippen LogP contribution in [0.5, 0.6) is 0 Å². The molecule has 0 saturated heterocycles. The number of aromatic nitrogens is 1. The van der Waals surface area contributed by atoms with Gasteiger partial charge in [-0.15, -0.1) is 22.7 Å². The lowest BCUT2D eigenvalue weighted by Gasteiger charge is -2.14. The van der Waals surface area contributed by atoms with Crippen LogP contribution < -0.4 is 5.32 Å². The van der Waals surface area contributed by atoms with Crippen LogP contribution in [-0.2, 0) is 0 Å². The van der Waals surface area contributed by atoms with Gasteiger partial charge in [-0.05, 0) is 49.2 Å². The summed E-state index contributed by atoms with van der Waals surface area (Å²) >= 11 is 3.61. The van der Waals surface area contributed by atoms with Gasteiger partial charge in [0.1, 0.15) is 0 Å². The molecule has 21 heavy (non-hydrogen) atoms. The fraction of sp³-hybridized carbons (Fsp3) is 0.353. The highest BCUT2D eigenvalue weighted by Gasteiger charge is 2.12. The van der Waals surface area contributed by atoms with Crippen molar-refractivity contribution in [2.75, 3.05) is 6.54 Å². The highest BCUT2D eigenvalue weighted by molar-refractivity contribution is 7.17. The minimum atomic E-state index is 0.482. The Kier molecular flexibility index (Phi) is 4.68. The molecule has 1 atom stereocenters. The van der Waals surface area contributed by atoms with Gasteiger partial charge in [-0.25, -0.2) is 4.98 Å². The van der Waals surface area contributed by atoms with E-state index in [1.54, 1.807) is 11.3 Å². The average Bonchev–Trinajstić information content (AvgIpc) is 3.16. The van der Waals surface area contributed by atoms with Crippen molar-refractivity contribution >= 4 is 32.9 Å². The largest absolute Gasteiger partial charge is 0.309 e. The topological polar surface area (TPSA) is 24.9 Å². The first-order chi connectivity index (χ1) is 10.3. The number of nitrogens with zero attached hydrogens (tertiary/aromatic N) is 1. The van der Waals surface area contributed by atoms with Crippen LogP contribution in [0.4, 0.5) is 0 Å². The SMILES string of the molecule is CCCNC(CC)c1ccc(-c2ccc3ncsc3c2)s1. The van der Waals surface area contributed by atoms with Crippen LogP contribution in [0.3, 0.4) is 0 Å². The number of thiazole rings is 1. The van der Waals surface area contributed by atoms with E-state index in [4.69, 9.17) is 0 Å². The van der Waals surface area contributed by atoms with Gasteiger partial charge in [-0.3, -0.25) is 0 Å². The Bertz CT molecular complexity index is 714. The Morgan fingerprint density at radius 3 is 2.90 bits per heavy atom. The van der Waals surface area contributed by atoms with Crippen molar-refractivity contribution in [1.29, 1.82) is 0 Å². The summed E-state index contributed by atoms with van der Waals surface area (Å²) < 4.78 is 1.26. The predicted molar refractivity (Wildman–Crippen MR) is 94.3 cm³/mol. The first-order valence-corrected chi connectivity index (χ1v) is 9.18. The van der Waals surface area contributed by atoms with Crippen molar-refractivity contribution in [2.45, 2.75) is 32.7 Å². The molecule has 2 aromatic heterocycles. The smallest absolute Gasteiger partial charge is 0.0812 e. The van der Waals surface area contributed by atoms with Gasteiger partial charge in [0.05, 0.1) is 15.7 Å². The molecule has 0 saturated carbocycles. The molecule has 0 fully saturated rings. The molecule has 2 nitrogen and oxygen atoms in total. The lowest BCUT2D eigenvalue weighted by molar-refractivity contribution is 0.525. The molecular formula is C17H20N2S2. The predicted octanol–water partition coefficient (Wildman–Crippen LogP) is 5.48. The molecule has 0 amide bonds. The summed E-state index contributed by atoms with van der Waals surface area (Å²) in [5, 5.41) is 3.63. The van der Waals surface area contributed by atoms with E-state index in [9.17, 15) is 0 Å². The highest BCUT2D eigenvalue weighted by Crippen LogP contribution is 2.34. The number of thiophene rings is 1. The molecule has 3 rings (SSSR count). The van der Waals surface area contributed by atoms with Crippen molar-refractivity contribution in [3.63, 3.8) is 0 Å². The lowest BCUT2D eigenvalue weighted by Crippen LogP contribution is -2.20. The number of fused-ring (bicyclic) bond motifs is 1. The Labute approximate surface area is 133 Å². The maximum absolute atomic E-state index is 4.35. The first kappa shape index (κ1) is 14.7. The van der Waals surface area contributed by atoms with Gasteiger partial charge < -0.3 is 5.32 Å². The van der Waals surface area contributed by atoms with E-state index in [1.807, 2.05) is 16.8 Å². The summed E-state index contributed by atoms with van der Waals surface area (Å²) in [5.74, 6) is 0. The zero-order chi connectivity index (χ0) is 14.7. The molecule has 4 heteroatoms. The second-order valence-electron chi connectivity index (χ2n) is 5.15. The van der Waals surface area contributed by atoms with E-state index < -0.39 is 0 Å². The normalized spacial score (nSPS) is 12.9. The minimum Gasteiger partial charge on any atom is -0.309 e. The third-order valence-corrected chi connectivity index (χ3v) is 5.67. The van der Waals surface area contributed by atoms with Gasteiger partial charge in [-0.1, -0.05) is 19.9 Å². The van der Waals surface area contributed by atoms with Gasteiger partial charge in [0.25, 0.3) is 0 Å². The number of benzene rings is 1. The fourth-order valence-electron chi connectivity index (χ4n) is 2.47. The molecule has 2 heterocycles. The van der Waals surface area contributed by atoms with Crippen molar-refractivity contribution in [3.05, 3.63) is 40.7 Å². The lowest BCUT2D eigenvalue weighted by atomic mass is 10.1.